The van der Waals surface area contributed by atoms with Crippen LogP contribution in [0.4, 0.5) is 0 Å². The first-order valence-electron chi connectivity index (χ1n) is 10.0. The third-order valence-corrected chi connectivity index (χ3v) is 5.45. The molecule has 0 aliphatic carbocycles. The van der Waals surface area contributed by atoms with E-state index in [4.69, 9.17) is 5.26 Å². The van der Waals surface area contributed by atoms with Gasteiger partial charge in [-0.1, -0.05) is 48.5 Å². The normalized spacial score (nSPS) is 11.0. The van der Waals surface area contributed by atoms with Crippen LogP contribution in [0.3, 0.4) is 0 Å². The lowest BCUT2D eigenvalue weighted by atomic mass is 10.1. The number of nitrogens with zero attached hydrogens (tertiary/aromatic N) is 3. The highest BCUT2D eigenvalue weighted by Gasteiger charge is 2.13. The third-order valence-electron chi connectivity index (χ3n) is 5.45. The molecule has 0 aliphatic rings. The van der Waals surface area contributed by atoms with Crippen molar-refractivity contribution in [2.24, 2.45) is 5.10 Å². The summed E-state index contributed by atoms with van der Waals surface area (Å²) in [5.41, 5.74) is 9.04. The number of nitrogens with one attached hydrogen (secondary N) is 1. The van der Waals surface area contributed by atoms with Crippen molar-refractivity contribution in [3.63, 3.8) is 0 Å². The minimum absolute atomic E-state index is 0.228. The lowest BCUT2D eigenvalue weighted by Crippen LogP contribution is -2.18. The van der Waals surface area contributed by atoms with E-state index in [0.29, 0.717) is 17.7 Å². The summed E-state index contributed by atoms with van der Waals surface area (Å²) in [6.45, 7) is 4.63. The second-order valence-electron chi connectivity index (χ2n) is 7.43. The van der Waals surface area contributed by atoms with Crippen molar-refractivity contribution in [3.8, 4) is 6.07 Å². The third kappa shape index (κ3) is 4.10. The lowest BCUT2D eigenvalue weighted by molar-refractivity contribution is 0.0954. The molecule has 0 unspecified atom stereocenters. The zero-order valence-corrected chi connectivity index (χ0v) is 17.5. The minimum atomic E-state index is -0.228. The Labute approximate surface area is 181 Å². The number of hydrogen-bond donors (Lipinski definition) is 1. The van der Waals surface area contributed by atoms with Crippen molar-refractivity contribution < 1.29 is 4.79 Å². The van der Waals surface area contributed by atoms with Crippen LogP contribution >= 0.6 is 0 Å². The van der Waals surface area contributed by atoms with Gasteiger partial charge in [-0.05, 0) is 49.2 Å². The summed E-state index contributed by atoms with van der Waals surface area (Å²) in [6.07, 6.45) is 1.71. The van der Waals surface area contributed by atoms with Crippen LogP contribution in [0.25, 0.3) is 10.9 Å². The molecule has 4 aromatic rings. The van der Waals surface area contributed by atoms with Crippen LogP contribution in [0.15, 0.2) is 77.9 Å². The molecule has 1 amide bonds. The van der Waals surface area contributed by atoms with Gasteiger partial charge in [0.15, 0.2) is 0 Å². The molecule has 0 bridgehead atoms. The van der Waals surface area contributed by atoms with E-state index in [1.165, 1.54) is 0 Å². The number of carbonyl (C=O) groups excluding carboxylic acids is 1. The molecule has 0 spiro atoms. The van der Waals surface area contributed by atoms with Crippen LogP contribution in [0, 0.1) is 25.2 Å². The number of amides is 1. The fourth-order valence-electron chi connectivity index (χ4n) is 3.74. The van der Waals surface area contributed by atoms with Gasteiger partial charge in [0.1, 0.15) is 0 Å². The smallest absolute Gasteiger partial charge is 0.271 e. The molecule has 0 atom stereocenters. The molecule has 1 heterocycles. The van der Waals surface area contributed by atoms with E-state index in [-0.39, 0.29) is 5.91 Å². The molecule has 0 fully saturated rings. The van der Waals surface area contributed by atoms with E-state index in [1.54, 1.807) is 12.3 Å². The SMILES string of the molecule is Cc1ccccc1C(=O)N/N=C\c1c(C)n(Cc2ccc(C#N)cc2)c2ccccc12. The maximum absolute atomic E-state index is 12.4. The average Bonchev–Trinajstić information content (AvgIpc) is 3.06. The second kappa shape index (κ2) is 8.68. The number of hydrogen-bond acceptors (Lipinski definition) is 3. The van der Waals surface area contributed by atoms with Crippen LogP contribution in [0.2, 0.25) is 0 Å². The topological polar surface area (TPSA) is 70.2 Å². The Bertz CT molecular complexity index is 1320. The summed E-state index contributed by atoms with van der Waals surface area (Å²) in [7, 11) is 0. The maximum Gasteiger partial charge on any atom is 0.271 e. The standard InChI is InChI=1S/C26H22N4O/c1-18-7-3-4-8-22(18)26(31)29-28-16-24-19(2)30(25-10-6-5-9-23(24)25)17-21-13-11-20(15-27)12-14-21/h3-14,16H,17H2,1-2H3,(H,29,31)/b28-16-. The van der Waals surface area contributed by atoms with Gasteiger partial charge in [-0.15, -0.1) is 0 Å². The van der Waals surface area contributed by atoms with E-state index in [1.807, 2.05) is 68.4 Å². The molecule has 1 N–H and O–H groups in total. The number of benzene rings is 3. The van der Waals surface area contributed by atoms with Gasteiger partial charge in [-0.3, -0.25) is 4.79 Å². The van der Waals surface area contributed by atoms with Crippen molar-refractivity contribution in [2.45, 2.75) is 20.4 Å². The Morgan fingerprint density at radius 2 is 1.74 bits per heavy atom. The largest absolute Gasteiger partial charge is 0.340 e. The number of fused-ring (bicyclic) bond motifs is 1. The minimum Gasteiger partial charge on any atom is -0.340 e. The highest BCUT2D eigenvalue weighted by molar-refractivity contribution is 6.02. The van der Waals surface area contributed by atoms with Crippen LogP contribution in [-0.2, 0) is 6.54 Å². The number of aryl methyl sites for hydroxylation is 1. The van der Waals surface area contributed by atoms with Gasteiger partial charge in [-0.2, -0.15) is 10.4 Å². The molecular formula is C26H22N4O. The first-order chi connectivity index (χ1) is 15.1. The van der Waals surface area contributed by atoms with Gasteiger partial charge >= 0.3 is 0 Å². The van der Waals surface area contributed by atoms with Crippen LogP contribution < -0.4 is 5.43 Å². The Hall–Kier alpha value is -4.17. The van der Waals surface area contributed by atoms with Crippen molar-refractivity contribution in [1.29, 1.82) is 5.26 Å². The number of nitriles is 1. The van der Waals surface area contributed by atoms with E-state index >= 15 is 0 Å². The highest BCUT2D eigenvalue weighted by Crippen LogP contribution is 2.25. The maximum atomic E-state index is 12.4. The Morgan fingerprint density at radius 1 is 1.03 bits per heavy atom. The first-order valence-corrected chi connectivity index (χ1v) is 10.0. The van der Waals surface area contributed by atoms with Crippen molar-refractivity contribution >= 4 is 23.0 Å². The van der Waals surface area contributed by atoms with Crippen LogP contribution in [-0.4, -0.2) is 16.7 Å². The number of para-hydroxylation sites is 1. The number of hydrazone groups is 1. The predicted molar refractivity (Wildman–Crippen MR) is 123 cm³/mol. The summed E-state index contributed by atoms with van der Waals surface area (Å²) in [5.74, 6) is -0.228. The summed E-state index contributed by atoms with van der Waals surface area (Å²) >= 11 is 0. The molecule has 0 saturated heterocycles. The summed E-state index contributed by atoms with van der Waals surface area (Å²) in [5, 5.41) is 14.3. The van der Waals surface area contributed by atoms with Crippen LogP contribution in [0.1, 0.15) is 38.3 Å². The van der Waals surface area contributed by atoms with E-state index in [0.717, 1.165) is 33.3 Å². The Balaban J connectivity index is 1.63. The van der Waals surface area contributed by atoms with Gasteiger partial charge in [-0.25, -0.2) is 5.43 Å². The quantitative estimate of drug-likeness (QED) is 0.377. The van der Waals surface area contributed by atoms with E-state index in [2.05, 4.69) is 33.3 Å². The molecule has 3 aromatic carbocycles. The van der Waals surface area contributed by atoms with Gasteiger partial charge in [0, 0.05) is 34.3 Å². The zero-order valence-electron chi connectivity index (χ0n) is 17.5. The molecule has 4 rings (SSSR count). The number of carbonyl (C=O) groups is 1. The average molecular weight is 406 g/mol. The van der Waals surface area contributed by atoms with Crippen molar-refractivity contribution in [3.05, 3.63) is 106 Å². The highest BCUT2D eigenvalue weighted by atomic mass is 16.2. The lowest BCUT2D eigenvalue weighted by Gasteiger charge is -2.09. The molecule has 152 valence electrons. The predicted octanol–water partition coefficient (Wildman–Crippen LogP) is 4.94. The summed E-state index contributed by atoms with van der Waals surface area (Å²) in [4.78, 5) is 12.4. The van der Waals surface area contributed by atoms with Gasteiger partial charge in [0.05, 0.1) is 17.8 Å². The molecular weight excluding hydrogens is 384 g/mol. The molecule has 0 saturated carbocycles. The Kier molecular flexibility index (Phi) is 5.63. The van der Waals surface area contributed by atoms with Crippen molar-refractivity contribution in [1.82, 2.24) is 9.99 Å². The van der Waals surface area contributed by atoms with E-state index < -0.39 is 0 Å². The first kappa shape index (κ1) is 20.1. The zero-order chi connectivity index (χ0) is 21.8. The summed E-state index contributed by atoms with van der Waals surface area (Å²) in [6, 6.07) is 25.3. The van der Waals surface area contributed by atoms with Gasteiger partial charge in [0.2, 0.25) is 0 Å². The van der Waals surface area contributed by atoms with E-state index in [9.17, 15) is 4.79 Å². The molecule has 31 heavy (non-hydrogen) atoms. The second-order valence-corrected chi connectivity index (χ2v) is 7.43. The molecule has 0 aliphatic heterocycles. The molecule has 0 radical (unpaired) electrons. The fourth-order valence-corrected chi connectivity index (χ4v) is 3.74. The summed E-state index contributed by atoms with van der Waals surface area (Å²) < 4.78 is 2.22. The van der Waals surface area contributed by atoms with Gasteiger partial charge in [0.25, 0.3) is 5.91 Å². The number of rotatable bonds is 5. The van der Waals surface area contributed by atoms with Crippen molar-refractivity contribution in [2.75, 3.05) is 0 Å². The molecule has 5 nitrogen and oxygen atoms in total. The Morgan fingerprint density at radius 3 is 2.48 bits per heavy atom. The molecule has 1 aromatic heterocycles. The van der Waals surface area contributed by atoms with Gasteiger partial charge < -0.3 is 4.57 Å². The number of aromatic nitrogens is 1. The van der Waals surface area contributed by atoms with Crippen LogP contribution in [0.5, 0.6) is 0 Å². The molecule has 5 heteroatoms. The monoisotopic (exact) mass is 406 g/mol. The fraction of sp³-hybridized carbons (Fsp3) is 0.115.